The summed E-state index contributed by atoms with van der Waals surface area (Å²) in [7, 11) is 0. The van der Waals surface area contributed by atoms with Gasteiger partial charge >= 0.3 is 0 Å². The number of fused-ring (bicyclic) bond motifs is 1. The Bertz CT molecular complexity index is 1030. The number of anilines is 1. The average Bonchev–Trinajstić information content (AvgIpc) is 3.43. The molecule has 1 aromatic heterocycles. The fourth-order valence-corrected chi connectivity index (χ4v) is 2.91. The van der Waals surface area contributed by atoms with Crippen LogP contribution in [0.1, 0.15) is 21.7 Å². The Hall–Kier alpha value is -3.78. The van der Waals surface area contributed by atoms with Crippen molar-refractivity contribution in [3.05, 3.63) is 77.7 Å². The number of benzene rings is 2. The van der Waals surface area contributed by atoms with Crippen molar-refractivity contribution in [2.45, 2.75) is 13.2 Å². The summed E-state index contributed by atoms with van der Waals surface area (Å²) in [6, 6.07) is 15.8. The average molecular weight is 408 g/mol. The summed E-state index contributed by atoms with van der Waals surface area (Å²) < 4.78 is 21.3. The van der Waals surface area contributed by atoms with Gasteiger partial charge in [-0.05, 0) is 48.0 Å². The second-order valence-corrected chi connectivity index (χ2v) is 6.57. The third-order valence-electron chi connectivity index (χ3n) is 4.35. The number of nitrogens with one attached hydrogen (secondary N) is 2. The maximum Gasteiger partial charge on any atom is 0.251 e. The van der Waals surface area contributed by atoms with Crippen LogP contribution in [0.4, 0.5) is 5.69 Å². The zero-order valence-electron chi connectivity index (χ0n) is 16.1. The van der Waals surface area contributed by atoms with Crippen LogP contribution in [-0.2, 0) is 22.7 Å². The lowest BCUT2D eigenvalue weighted by Gasteiger charge is -2.09. The predicted octanol–water partition coefficient (Wildman–Crippen LogP) is 3.09. The molecule has 2 amide bonds. The molecular weight excluding hydrogens is 388 g/mol. The van der Waals surface area contributed by atoms with Gasteiger partial charge in [0.05, 0.1) is 19.4 Å². The summed E-state index contributed by atoms with van der Waals surface area (Å²) in [5.74, 6) is 1.15. The second-order valence-electron chi connectivity index (χ2n) is 6.57. The second kappa shape index (κ2) is 9.15. The van der Waals surface area contributed by atoms with E-state index in [-0.39, 0.29) is 25.2 Å². The lowest BCUT2D eigenvalue weighted by Crippen LogP contribution is -2.32. The maximum atomic E-state index is 12.3. The minimum absolute atomic E-state index is 0.135. The summed E-state index contributed by atoms with van der Waals surface area (Å²) in [5.41, 5.74) is 1.92. The molecule has 154 valence electrons. The molecule has 0 radical (unpaired) electrons. The Morgan fingerprint density at radius 1 is 0.967 bits per heavy atom. The van der Waals surface area contributed by atoms with E-state index in [1.165, 1.54) is 0 Å². The van der Waals surface area contributed by atoms with Crippen LogP contribution in [0.2, 0.25) is 0 Å². The van der Waals surface area contributed by atoms with Crippen LogP contribution < -0.4 is 20.1 Å². The van der Waals surface area contributed by atoms with Crippen molar-refractivity contribution in [1.29, 1.82) is 0 Å². The number of amides is 2. The van der Waals surface area contributed by atoms with E-state index in [1.54, 1.807) is 36.6 Å². The first-order valence-electron chi connectivity index (χ1n) is 9.34. The van der Waals surface area contributed by atoms with E-state index in [0.717, 1.165) is 11.3 Å². The first kappa shape index (κ1) is 19.5. The Labute approximate surface area is 172 Å². The molecule has 0 aliphatic carbocycles. The van der Waals surface area contributed by atoms with E-state index in [2.05, 4.69) is 10.6 Å². The molecule has 0 unspecified atom stereocenters. The summed E-state index contributed by atoms with van der Waals surface area (Å²) in [6.45, 7) is 0.725. The number of ether oxygens (including phenoxy) is 3. The van der Waals surface area contributed by atoms with Gasteiger partial charge in [-0.2, -0.15) is 0 Å². The smallest absolute Gasteiger partial charge is 0.251 e. The third-order valence-corrected chi connectivity index (χ3v) is 4.35. The zero-order valence-corrected chi connectivity index (χ0v) is 16.1. The van der Waals surface area contributed by atoms with E-state index >= 15 is 0 Å². The quantitative estimate of drug-likeness (QED) is 0.594. The molecule has 1 aliphatic rings. The fraction of sp³-hybridized carbons (Fsp3) is 0.182. The minimum atomic E-state index is -0.372. The number of furan rings is 1. The molecule has 0 atom stereocenters. The molecule has 0 fully saturated rings. The standard InChI is InChI=1S/C22H20N2O6/c25-21(11-23-22(26)16-6-7-19-20(10-16)30-14-29-19)24-17-4-1-3-15(9-17)12-27-13-18-5-2-8-28-18/h1-10H,11-14H2,(H,23,26)(H,24,25). The summed E-state index contributed by atoms with van der Waals surface area (Å²) in [4.78, 5) is 24.5. The van der Waals surface area contributed by atoms with Crippen LogP contribution >= 0.6 is 0 Å². The van der Waals surface area contributed by atoms with Crippen molar-refractivity contribution in [2.75, 3.05) is 18.7 Å². The largest absolute Gasteiger partial charge is 0.467 e. The normalized spacial score (nSPS) is 11.9. The van der Waals surface area contributed by atoms with Crippen LogP contribution in [0.3, 0.4) is 0 Å². The lowest BCUT2D eigenvalue weighted by molar-refractivity contribution is -0.115. The van der Waals surface area contributed by atoms with Crippen molar-refractivity contribution in [3.63, 3.8) is 0 Å². The van der Waals surface area contributed by atoms with Gasteiger partial charge in [0, 0.05) is 11.3 Å². The Morgan fingerprint density at radius 2 is 1.87 bits per heavy atom. The fourth-order valence-electron chi connectivity index (χ4n) is 2.91. The van der Waals surface area contributed by atoms with Crippen LogP contribution in [0.5, 0.6) is 11.5 Å². The lowest BCUT2D eigenvalue weighted by atomic mass is 10.2. The third kappa shape index (κ3) is 4.98. The predicted molar refractivity (Wildman–Crippen MR) is 107 cm³/mol. The molecule has 0 saturated carbocycles. The molecule has 3 aromatic rings. The highest BCUT2D eigenvalue weighted by Crippen LogP contribution is 2.32. The van der Waals surface area contributed by atoms with E-state index in [9.17, 15) is 9.59 Å². The molecule has 1 aliphatic heterocycles. The zero-order chi connectivity index (χ0) is 20.8. The molecule has 2 heterocycles. The van der Waals surface area contributed by atoms with Crippen molar-refractivity contribution in [3.8, 4) is 11.5 Å². The van der Waals surface area contributed by atoms with Gasteiger partial charge in [0.1, 0.15) is 12.4 Å². The minimum Gasteiger partial charge on any atom is -0.467 e. The summed E-state index contributed by atoms with van der Waals surface area (Å²) in [6.07, 6.45) is 1.60. The molecule has 2 N–H and O–H groups in total. The number of carbonyl (C=O) groups is 2. The molecule has 4 rings (SSSR count). The van der Waals surface area contributed by atoms with Gasteiger partial charge in [-0.25, -0.2) is 0 Å². The Morgan fingerprint density at radius 3 is 2.73 bits per heavy atom. The van der Waals surface area contributed by atoms with Gasteiger partial charge < -0.3 is 29.3 Å². The van der Waals surface area contributed by atoms with Crippen LogP contribution in [0.15, 0.2) is 65.3 Å². The molecule has 2 aromatic carbocycles. The highest BCUT2D eigenvalue weighted by atomic mass is 16.7. The van der Waals surface area contributed by atoms with E-state index in [1.807, 2.05) is 24.3 Å². The Kier molecular flexibility index (Phi) is 5.95. The monoisotopic (exact) mass is 408 g/mol. The maximum absolute atomic E-state index is 12.3. The molecule has 8 heteroatoms. The molecule has 0 spiro atoms. The Balaban J connectivity index is 1.25. The van der Waals surface area contributed by atoms with E-state index < -0.39 is 0 Å². The van der Waals surface area contributed by atoms with E-state index in [4.69, 9.17) is 18.6 Å². The van der Waals surface area contributed by atoms with Gasteiger partial charge in [-0.3, -0.25) is 9.59 Å². The van der Waals surface area contributed by atoms with Crippen molar-refractivity contribution in [1.82, 2.24) is 5.32 Å². The van der Waals surface area contributed by atoms with Crippen LogP contribution in [0, 0.1) is 0 Å². The number of hydrogen-bond donors (Lipinski definition) is 2. The van der Waals surface area contributed by atoms with Crippen molar-refractivity contribution >= 4 is 17.5 Å². The molecule has 0 saturated heterocycles. The van der Waals surface area contributed by atoms with E-state index in [0.29, 0.717) is 36.0 Å². The molecule has 8 nitrogen and oxygen atoms in total. The number of rotatable bonds is 8. The summed E-state index contributed by atoms with van der Waals surface area (Å²) in [5, 5.41) is 5.35. The van der Waals surface area contributed by atoms with Gasteiger partial charge in [-0.15, -0.1) is 0 Å². The first-order valence-corrected chi connectivity index (χ1v) is 9.34. The van der Waals surface area contributed by atoms with Gasteiger partial charge in [0.15, 0.2) is 11.5 Å². The highest BCUT2D eigenvalue weighted by molar-refractivity contribution is 5.99. The van der Waals surface area contributed by atoms with Crippen molar-refractivity contribution < 1.29 is 28.2 Å². The molecule has 30 heavy (non-hydrogen) atoms. The molecular formula is C22H20N2O6. The van der Waals surface area contributed by atoms with Gasteiger partial charge in [0.25, 0.3) is 5.91 Å². The number of carbonyl (C=O) groups excluding carboxylic acids is 2. The van der Waals surface area contributed by atoms with Crippen LogP contribution in [-0.4, -0.2) is 25.2 Å². The number of hydrogen-bond acceptors (Lipinski definition) is 6. The van der Waals surface area contributed by atoms with Crippen LogP contribution in [0.25, 0.3) is 0 Å². The topological polar surface area (TPSA) is 99.0 Å². The molecule has 0 bridgehead atoms. The highest BCUT2D eigenvalue weighted by Gasteiger charge is 2.16. The summed E-state index contributed by atoms with van der Waals surface area (Å²) >= 11 is 0. The first-order chi connectivity index (χ1) is 14.7. The van der Waals surface area contributed by atoms with Crippen molar-refractivity contribution in [2.24, 2.45) is 0 Å². The van der Waals surface area contributed by atoms with Gasteiger partial charge in [-0.1, -0.05) is 12.1 Å². The SMILES string of the molecule is O=C(CNC(=O)c1ccc2c(c1)OCO2)Nc1cccc(COCc2ccco2)c1. The van der Waals surface area contributed by atoms with Gasteiger partial charge in [0.2, 0.25) is 12.7 Å².